The summed E-state index contributed by atoms with van der Waals surface area (Å²) >= 11 is 5.90. The van der Waals surface area contributed by atoms with Crippen molar-refractivity contribution in [3.8, 4) is 0 Å². The van der Waals surface area contributed by atoms with E-state index >= 15 is 0 Å². The number of aromatic nitrogens is 4. The molecule has 0 radical (unpaired) electrons. The highest BCUT2D eigenvalue weighted by molar-refractivity contribution is 6.28. The van der Waals surface area contributed by atoms with Gasteiger partial charge < -0.3 is 9.88 Å². The zero-order chi connectivity index (χ0) is 12.3. The van der Waals surface area contributed by atoms with Crippen molar-refractivity contribution in [2.45, 2.75) is 19.9 Å². The molecule has 0 unspecified atom stereocenters. The van der Waals surface area contributed by atoms with E-state index in [1.165, 1.54) is 0 Å². The molecule has 5 nitrogen and oxygen atoms in total. The normalized spacial score (nSPS) is 10.7. The van der Waals surface area contributed by atoms with Gasteiger partial charge in [0.05, 0.1) is 6.33 Å². The van der Waals surface area contributed by atoms with Crippen LogP contribution in [0.2, 0.25) is 5.28 Å². The number of allylic oxidation sites excluding steroid dienone is 1. The standard InChI is InChI=1S/C11H14ClN5/c1-3-5-13-9-8-10(16-11(12)15-9)17(6-4-2)7-14-8/h4,7H,2-3,5-6H2,1H3,(H,13,15,16). The van der Waals surface area contributed by atoms with E-state index in [1.807, 2.05) is 4.57 Å². The van der Waals surface area contributed by atoms with Crippen molar-refractivity contribution in [1.82, 2.24) is 19.5 Å². The van der Waals surface area contributed by atoms with Gasteiger partial charge in [0.2, 0.25) is 5.28 Å². The minimum atomic E-state index is 0.224. The molecular weight excluding hydrogens is 238 g/mol. The fourth-order valence-corrected chi connectivity index (χ4v) is 1.72. The monoisotopic (exact) mass is 251 g/mol. The zero-order valence-corrected chi connectivity index (χ0v) is 10.4. The van der Waals surface area contributed by atoms with Crippen LogP contribution in [0, 0.1) is 0 Å². The molecule has 1 N–H and O–H groups in total. The summed E-state index contributed by atoms with van der Waals surface area (Å²) in [7, 11) is 0. The van der Waals surface area contributed by atoms with Gasteiger partial charge in [-0.25, -0.2) is 4.98 Å². The SMILES string of the molecule is C=CCn1cnc2c(NCCC)nc(Cl)nc21. The smallest absolute Gasteiger partial charge is 0.226 e. The topological polar surface area (TPSA) is 55.6 Å². The molecule has 0 aromatic carbocycles. The molecule has 0 amide bonds. The third kappa shape index (κ3) is 2.39. The van der Waals surface area contributed by atoms with E-state index in [2.05, 4.69) is 33.8 Å². The van der Waals surface area contributed by atoms with Gasteiger partial charge in [-0.05, 0) is 18.0 Å². The first kappa shape index (κ1) is 11.9. The molecule has 2 heterocycles. The molecule has 0 aliphatic heterocycles. The maximum atomic E-state index is 5.90. The highest BCUT2D eigenvalue weighted by Crippen LogP contribution is 2.20. The van der Waals surface area contributed by atoms with Gasteiger partial charge in [-0.15, -0.1) is 6.58 Å². The van der Waals surface area contributed by atoms with Crippen LogP contribution < -0.4 is 5.32 Å². The largest absolute Gasteiger partial charge is 0.368 e. The van der Waals surface area contributed by atoms with Gasteiger partial charge in [-0.1, -0.05) is 13.0 Å². The summed E-state index contributed by atoms with van der Waals surface area (Å²) in [5.74, 6) is 0.685. The van der Waals surface area contributed by atoms with Gasteiger partial charge in [-0.2, -0.15) is 9.97 Å². The molecular formula is C11H14ClN5. The Labute approximate surface area is 105 Å². The summed E-state index contributed by atoms with van der Waals surface area (Å²) in [6.07, 6.45) is 4.52. The maximum Gasteiger partial charge on any atom is 0.226 e. The number of hydrogen-bond donors (Lipinski definition) is 1. The number of halogens is 1. The number of nitrogens with one attached hydrogen (secondary N) is 1. The van der Waals surface area contributed by atoms with E-state index in [0.29, 0.717) is 12.4 Å². The number of fused-ring (bicyclic) bond motifs is 1. The van der Waals surface area contributed by atoms with E-state index in [1.54, 1.807) is 12.4 Å². The molecule has 90 valence electrons. The summed E-state index contributed by atoms with van der Waals surface area (Å²) in [6.45, 7) is 7.26. The molecule has 6 heteroatoms. The number of nitrogens with zero attached hydrogens (tertiary/aromatic N) is 4. The van der Waals surface area contributed by atoms with E-state index in [0.717, 1.165) is 24.1 Å². The van der Waals surface area contributed by atoms with E-state index in [-0.39, 0.29) is 5.28 Å². The van der Waals surface area contributed by atoms with Crippen molar-refractivity contribution in [3.05, 3.63) is 24.3 Å². The molecule has 0 spiro atoms. The second kappa shape index (κ2) is 5.14. The fourth-order valence-electron chi connectivity index (χ4n) is 1.56. The highest BCUT2D eigenvalue weighted by Gasteiger charge is 2.11. The second-order valence-corrected chi connectivity index (χ2v) is 3.96. The minimum Gasteiger partial charge on any atom is -0.368 e. The third-order valence-corrected chi connectivity index (χ3v) is 2.47. The molecule has 0 bridgehead atoms. The summed E-state index contributed by atoms with van der Waals surface area (Å²) in [4.78, 5) is 12.6. The number of rotatable bonds is 5. The van der Waals surface area contributed by atoms with Crippen molar-refractivity contribution in [2.75, 3.05) is 11.9 Å². The van der Waals surface area contributed by atoms with Gasteiger partial charge in [0.25, 0.3) is 0 Å². The van der Waals surface area contributed by atoms with Crippen molar-refractivity contribution < 1.29 is 0 Å². The zero-order valence-electron chi connectivity index (χ0n) is 9.65. The number of anilines is 1. The Kier molecular flexibility index (Phi) is 3.58. The lowest BCUT2D eigenvalue weighted by molar-refractivity contribution is 0.838. The lowest BCUT2D eigenvalue weighted by Crippen LogP contribution is -2.04. The summed E-state index contributed by atoms with van der Waals surface area (Å²) < 4.78 is 1.88. The van der Waals surface area contributed by atoms with Crippen LogP contribution in [-0.4, -0.2) is 26.1 Å². The van der Waals surface area contributed by atoms with Crippen LogP contribution in [0.25, 0.3) is 11.2 Å². The molecule has 2 aromatic heterocycles. The third-order valence-electron chi connectivity index (χ3n) is 2.30. The predicted octanol–water partition coefficient (Wildman–Crippen LogP) is 2.49. The average molecular weight is 252 g/mol. The van der Waals surface area contributed by atoms with Gasteiger partial charge in [0.15, 0.2) is 17.0 Å². The van der Waals surface area contributed by atoms with Crippen molar-refractivity contribution in [2.24, 2.45) is 0 Å². The highest BCUT2D eigenvalue weighted by atomic mass is 35.5. The Bertz CT molecular complexity index is 534. The van der Waals surface area contributed by atoms with Crippen molar-refractivity contribution >= 4 is 28.6 Å². The van der Waals surface area contributed by atoms with Gasteiger partial charge >= 0.3 is 0 Å². The predicted molar refractivity (Wildman–Crippen MR) is 69.3 cm³/mol. The summed E-state index contributed by atoms with van der Waals surface area (Å²) in [5, 5.41) is 3.42. The van der Waals surface area contributed by atoms with Crippen LogP contribution in [-0.2, 0) is 6.54 Å². The van der Waals surface area contributed by atoms with Gasteiger partial charge in [0, 0.05) is 13.1 Å². The summed E-state index contributed by atoms with van der Waals surface area (Å²) in [5.41, 5.74) is 1.47. The van der Waals surface area contributed by atoms with E-state index < -0.39 is 0 Å². The molecule has 2 rings (SSSR count). The van der Waals surface area contributed by atoms with Crippen LogP contribution in [0.3, 0.4) is 0 Å². The lowest BCUT2D eigenvalue weighted by atomic mass is 10.4. The van der Waals surface area contributed by atoms with E-state index in [9.17, 15) is 0 Å². The number of hydrogen-bond acceptors (Lipinski definition) is 4. The van der Waals surface area contributed by atoms with Crippen LogP contribution in [0.15, 0.2) is 19.0 Å². The Morgan fingerprint density at radius 3 is 3.06 bits per heavy atom. The fraction of sp³-hybridized carbons (Fsp3) is 0.364. The first-order valence-corrected chi connectivity index (χ1v) is 5.87. The Morgan fingerprint density at radius 1 is 1.53 bits per heavy atom. The minimum absolute atomic E-state index is 0.224. The molecule has 0 saturated heterocycles. The molecule has 2 aromatic rings. The lowest BCUT2D eigenvalue weighted by Gasteiger charge is -2.05. The first-order chi connectivity index (χ1) is 8.26. The van der Waals surface area contributed by atoms with Crippen LogP contribution in [0.1, 0.15) is 13.3 Å². The van der Waals surface area contributed by atoms with Crippen LogP contribution in [0.4, 0.5) is 5.82 Å². The quantitative estimate of drug-likeness (QED) is 0.655. The Balaban J connectivity index is 2.49. The molecule has 17 heavy (non-hydrogen) atoms. The van der Waals surface area contributed by atoms with Gasteiger partial charge in [-0.3, -0.25) is 0 Å². The van der Waals surface area contributed by atoms with Crippen molar-refractivity contribution in [1.29, 1.82) is 0 Å². The van der Waals surface area contributed by atoms with Gasteiger partial charge in [0.1, 0.15) is 0 Å². The average Bonchev–Trinajstić information content (AvgIpc) is 2.70. The number of imidazole rings is 1. The molecule has 0 saturated carbocycles. The Hall–Kier alpha value is -1.62. The van der Waals surface area contributed by atoms with Crippen molar-refractivity contribution in [3.63, 3.8) is 0 Å². The first-order valence-electron chi connectivity index (χ1n) is 5.49. The molecule has 0 atom stereocenters. The van der Waals surface area contributed by atoms with Crippen LogP contribution in [0.5, 0.6) is 0 Å². The molecule has 0 fully saturated rings. The van der Waals surface area contributed by atoms with Crippen LogP contribution >= 0.6 is 11.6 Å². The summed E-state index contributed by atoms with van der Waals surface area (Å²) in [6, 6.07) is 0. The second-order valence-electron chi connectivity index (χ2n) is 3.63. The molecule has 0 aliphatic carbocycles. The molecule has 0 aliphatic rings. The Morgan fingerprint density at radius 2 is 2.35 bits per heavy atom. The van der Waals surface area contributed by atoms with E-state index in [4.69, 9.17) is 11.6 Å². The maximum absolute atomic E-state index is 5.90.